The second-order valence-electron chi connectivity index (χ2n) is 4.89. The van der Waals surface area contributed by atoms with Gasteiger partial charge in [-0.1, -0.05) is 6.07 Å². The van der Waals surface area contributed by atoms with Gasteiger partial charge in [0.1, 0.15) is 5.69 Å². The zero-order valence-corrected chi connectivity index (χ0v) is 12.9. The number of carbonyl (C=O) groups is 2. The average molecular weight is 301 g/mol. The molecule has 2 aromatic heterocycles. The molecular formula is C16H19N3O3. The third kappa shape index (κ3) is 3.33. The van der Waals surface area contributed by atoms with Crippen LogP contribution in [0.2, 0.25) is 0 Å². The fraction of sp³-hybridized carbons (Fsp3) is 0.312. The third-order valence-corrected chi connectivity index (χ3v) is 3.32. The predicted molar refractivity (Wildman–Crippen MR) is 81.6 cm³/mol. The zero-order valence-electron chi connectivity index (χ0n) is 12.9. The highest BCUT2D eigenvalue weighted by Gasteiger charge is 2.22. The number of carbonyl (C=O) groups excluding carboxylic acids is 2. The molecule has 0 fully saturated rings. The van der Waals surface area contributed by atoms with Crippen LogP contribution in [0.5, 0.6) is 0 Å². The molecule has 6 nitrogen and oxygen atoms in total. The molecule has 0 spiro atoms. The number of rotatable bonds is 5. The van der Waals surface area contributed by atoms with Gasteiger partial charge in [-0.25, -0.2) is 4.79 Å². The Hall–Kier alpha value is -2.63. The molecule has 6 heteroatoms. The van der Waals surface area contributed by atoms with Crippen LogP contribution in [0, 0.1) is 13.8 Å². The van der Waals surface area contributed by atoms with Gasteiger partial charge in [0.2, 0.25) is 0 Å². The van der Waals surface area contributed by atoms with Gasteiger partial charge < -0.3 is 15.0 Å². The summed E-state index contributed by atoms with van der Waals surface area (Å²) in [5.41, 5.74) is 2.93. The molecule has 2 heterocycles. The summed E-state index contributed by atoms with van der Waals surface area (Å²) in [5.74, 6) is -0.680. The van der Waals surface area contributed by atoms with Crippen LogP contribution in [0.4, 0.5) is 0 Å². The molecule has 0 bridgehead atoms. The van der Waals surface area contributed by atoms with Crippen molar-refractivity contribution >= 4 is 11.9 Å². The Morgan fingerprint density at radius 1 is 1.36 bits per heavy atom. The van der Waals surface area contributed by atoms with Crippen LogP contribution in [0.25, 0.3) is 0 Å². The predicted octanol–water partition coefficient (Wildman–Crippen LogP) is 2.13. The maximum absolute atomic E-state index is 12.3. The minimum Gasteiger partial charge on any atom is -0.462 e. The zero-order chi connectivity index (χ0) is 16.1. The lowest BCUT2D eigenvalue weighted by Crippen LogP contribution is -2.24. The largest absolute Gasteiger partial charge is 0.462 e. The smallest absolute Gasteiger partial charge is 0.340 e. The lowest BCUT2D eigenvalue weighted by atomic mass is 10.1. The van der Waals surface area contributed by atoms with Crippen molar-refractivity contribution in [3.63, 3.8) is 0 Å². The summed E-state index contributed by atoms with van der Waals surface area (Å²) < 4.78 is 5.01. The monoisotopic (exact) mass is 301 g/mol. The molecule has 1 amide bonds. The molecule has 2 rings (SSSR count). The maximum Gasteiger partial charge on any atom is 0.340 e. The van der Waals surface area contributed by atoms with Gasteiger partial charge in [0.25, 0.3) is 5.91 Å². The second-order valence-corrected chi connectivity index (χ2v) is 4.89. The summed E-state index contributed by atoms with van der Waals surface area (Å²) in [6.45, 7) is 5.90. The van der Waals surface area contributed by atoms with Crippen LogP contribution in [-0.4, -0.2) is 28.5 Å². The molecular weight excluding hydrogens is 282 g/mol. The van der Waals surface area contributed by atoms with E-state index < -0.39 is 5.97 Å². The van der Waals surface area contributed by atoms with Crippen LogP contribution in [0.15, 0.2) is 24.5 Å². The van der Waals surface area contributed by atoms with Gasteiger partial charge in [-0.3, -0.25) is 9.78 Å². The van der Waals surface area contributed by atoms with E-state index in [2.05, 4.69) is 15.3 Å². The average Bonchev–Trinajstić information content (AvgIpc) is 2.81. The first-order valence-electron chi connectivity index (χ1n) is 7.08. The molecule has 0 aliphatic rings. The number of hydrogen-bond donors (Lipinski definition) is 2. The van der Waals surface area contributed by atoms with Crippen LogP contribution < -0.4 is 5.32 Å². The number of ether oxygens (including phenoxy) is 1. The van der Waals surface area contributed by atoms with Crippen LogP contribution in [-0.2, 0) is 11.3 Å². The minimum absolute atomic E-state index is 0.264. The quantitative estimate of drug-likeness (QED) is 0.829. The molecule has 0 atom stereocenters. The van der Waals surface area contributed by atoms with Crippen molar-refractivity contribution < 1.29 is 14.3 Å². The minimum atomic E-state index is -0.417. The number of hydrogen-bond acceptors (Lipinski definition) is 4. The Kier molecular flexibility index (Phi) is 4.93. The normalized spacial score (nSPS) is 10.3. The van der Waals surface area contributed by atoms with Gasteiger partial charge in [0, 0.05) is 24.6 Å². The van der Waals surface area contributed by atoms with E-state index in [4.69, 9.17) is 4.74 Å². The van der Waals surface area contributed by atoms with Gasteiger partial charge in [-0.15, -0.1) is 0 Å². The molecule has 22 heavy (non-hydrogen) atoms. The van der Waals surface area contributed by atoms with Gasteiger partial charge in [0.05, 0.1) is 12.2 Å². The molecule has 2 aromatic rings. The Labute approximate surface area is 128 Å². The number of amides is 1. The number of pyridine rings is 1. The molecule has 0 saturated carbocycles. The van der Waals surface area contributed by atoms with E-state index in [-0.39, 0.29) is 5.91 Å². The molecule has 0 unspecified atom stereocenters. The number of nitrogens with one attached hydrogen (secondary N) is 2. The molecule has 0 aliphatic carbocycles. The first kappa shape index (κ1) is 15.8. The third-order valence-electron chi connectivity index (χ3n) is 3.32. The highest BCUT2D eigenvalue weighted by Crippen LogP contribution is 2.19. The van der Waals surface area contributed by atoms with Crippen molar-refractivity contribution in [2.24, 2.45) is 0 Å². The number of aryl methyl sites for hydroxylation is 1. The second kappa shape index (κ2) is 6.89. The Balaban J connectivity index is 2.13. The summed E-state index contributed by atoms with van der Waals surface area (Å²) in [6, 6.07) is 3.69. The summed E-state index contributed by atoms with van der Waals surface area (Å²) in [7, 11) is 0. The number of aromatic amines is 1. The standard InChI is InChI=1S/C16H19N3O3/c1-4-22-16(21)13-10(2)14(19-11(13)3)15(20)18-9-12-6-5-7-17-8-12/h5-8,19H,4,9H2,1-3H3,(H,18,20). The van der Waals surface area contributed by atoms with Crippen LogP contribution in [0.1, 0.15) is 44.6 Å². The summed E-state index contributed by atoms with van der Waals surface area (Å²) >= 11 is 0. The Morgan fingerprint density at radius 2 is 2.14 bits per heavy atom. The molecule has 0 aromatic carbocycles. The molecule has 0 aliphatic heterocycles. The summed E-state index contributed by atoms with van der Waals surface area (Å²) in [4.78, 5) is 31.1. The molecule has 2 N–H and O–H groups in total. The van der Waals surface area contributed by atoms with E-state index in [9.17, 15) is 9.59 Å². The van der Waals surface area contributed by atoms with E-state index in [0.717, 1.165) is 5.56 Å². The summed E-state index contributed by atoms with van der Waals surface area (Å²) in [5, 5.41) is 2.81. The van der Waals surface area contributed by atoms with Crippen LogP contribution >= 0.6 is 0 Å². The fourth-order valence-electron chi connectivity index (χ4n) is 2.26. The van der Waals surface area contributed by atoms with Gasteiger partial charge in [-0.05, 0) is 38.0 Å². The molecule has 0 saturated heterocycles. The number of esters is 1. The van der Waals surface area contributed by atoms with Gasteiger partial charge in [-0.2, -0.15) is 0 Å². The van der Waals surface area contributed by atoms with Crippen molar-refractivity contribution in [1.82, 2.24) is 15.3 Å². The maximum atomic E-state index is 12.3. The lowest BCUT2D eigenvalue weighted by molar-refractivity contribution is 0.0525. The van der Waals surface area contributed by atoms with E-state index >= 15 is 0 Å². The van der Waals surface area contributed by atoms with E-state index in [0.29, 0.717) is 35.7 Å². The highest BCUT2D eigenvalue weighted by atomic mass is 16.5. The van der Waals surface area contributed by atoms with Gasteiger partial charge in [0.15, 0.2) is 0 Å². The van der Waals surface area contributed by atoms with Crippen molar-refractivity contribution in [3.8, 4) is 0 Å². The SMILES string of the molecule is CCOC(=O)c1c(C)[nH]c(C(=O)NCc2cccnc2)c1C. The van der Waals surface area contributed by atoms with E-state index in [1.54, 1.807) is 33.2 Å². The van der Waals surface area contributed by atoms with E-state index in [1.165, 1.54) is 0 Å². The molecule has 0 radical (unpaired) electrons. The number of aromatic nitrogens is 2. The van der Waals surface area contributed by atoms with Crippen molar-refractivity contribution in [3.05, 3.63) is 52.6 Å². The Bertz CT molecular complexity index is 677. The topological polar surface area (TPSA) is 84.1 Å². The Morgan fingerprint density at radius 3 is 2.77 bits per heavy atom. The number of nitrogens with zero attached hydrogens (tertiary/aromatic N) is 1. The lowest BCUT2D eigenvalue weighted by Gasteiger charge is -2.05. The fourth-order valence-corrected chi connectivity index (χ4v) is 2.26. The highest BCUT2D eigenvalue weighted by molar-refractivity contribution is 6.00. The summed E-state index contributed by atoms with van der Waals surface area (Å²) in [6.07, 6.45) is 3.37. The van der Waals surface area contributed by atoms with Crippen LogP contribution in [0.3, 0.4) is 0 Å². The van der Waals surface area contributed by atoms with Crippen molar-refractivity contribution in [2.75, 3.05) is 6.61 Å². The molecule has 116 valence electrons. The van der Waals surface area contributed by atoms with Gasteiger partial charge >= 0.3 is 5.97 Å². The number of H-pyrrole nitrogens is 1. The first-order valence-corrected chi connectivity index (χ1v) is 7.08. The van der Waals surface area contributed by atoms with Crippen molar-refractivity contribution in [2.45, 2.75) is 27.3 Å². The van der Waals surface area contributed by atoms with Crippen molar-refractivity contribution in [1.29, 1.82) is 0 Å². The van der Waals surface area contributed by atoms with E-state index in [1.807, 2.05) is 12.1 Å². The first-order chi connectivity index (χ1) is 10.5.